The van der Waals surface area contributed by atoms with Gasteiger partial charge in [0, 0.05) is 14.1 Å². The molecule has 0 bridgehead atoms. The van der Waals surface area contributed by atoms with Crippen LogP contribution in [0.2, 0.25) is 0 Å². The first-order chi connectivity index (χ1) is 4.63. The molecule has 0 amide bonds. The normalized spacial score (nSPS) is 10.3. The fraction of sp³-hybridized carbons (Fsp3) is 0.333. The summed E-state index contributed by atoms with van der Waals surface area (Å²) in [5.41, 5.74) is -0.0370. The molecule has 54 valence electrons. The zero-order valence-corrected chi connectivity index (χ0v) is 5.92. The Labute approximate surface area is 59.5 Å². The summed E-state index contributed by atoms with van der Waals surface area (Å²) in [5, 5.41) is 23.9. The number of aliphatic hydroxyl groups is 1. The highest BCUT2D eigenvalue weighted by molar-refractivity contribution is 5.98. The lowest BCUT2D eigenvalue weighted by Gasteiger charge is -2.10. The monoisotopic (exact) mass is 139 g/mol. The molecule has 0 fully saturated rings. The Morgan fingerprint density at radius 1 is 1.70 bits per heavy atom. The Morgan fingerprint density at radius 2 is 2.20 bits per heavy atom. The van der Waals surface area contributed by atoms with Crippen LogP contribution in [0.5, 0.6) is 0 Å². The van der Waals surface area contributed by atoms with Crippen molar-refractivity contribution < 1.29 is 5.11 Å². The van der Waals surface area contributed by atoms with Gasteiger partial charge < -0.3 is 10.0 Å². The summed E-state index contributed by atoms with van der Waals surface area (Å²) < 4.78 is 0. The first-order valence-electron chi connectivity index (χ1n) is 2.64. The van der Waals surface area contributed by atoms with Gasteiger partial charge in [0.15, 0.2) is 0 Å². The van der Waals surface area contributed by atoms with Crippen molar-refractivity contribution in [2.24, 2.45) is 0 Å². The van der Waals surface area contributed by atoms with Crippen LogP contribution >= 0.6 is 0 Å². The molecule has 4 nitrogen and oxygen atoms in total. The van der Waals surface area contributed by atoms with E-state index in [0.29, 0.717) is 6.26 Å². The summed E-state index contributed by atoms with van der Waals surface area (Å²) >= 11 is 0. The number of rotatable bonds is 1. The van der Waals surface area contributed by atoms with Crippen molar-refractivity contribution in [2.75, 3.05) is 14.1 Å². The molecule has 0 aromatic heterocycles. The minimum atomic E-state index is -0.0370. The molecule has 0 aliphatic heterocycles. The van der Waals surface area contributed by atoms with Crippen LogP contribution in [-0.4, -0.2) is 29.9 Å². The van der Waals surface area contributed by atoms with E-state index in [-0.39, 0.29) is 11.4 Å². The molecule has 0 aliphatic rings. The minimum Gasteiger partial charge on any atom is -0.514 e. The van der Waals surface area contributed by atoms with E-state index < -0.39 is 0 Å². The van der Waals surface area contributed by atoms with Crippen LogP contribution in [0.3, 0.4) is 0 Å². The van der Waals surface area contributed by atoms with Crippen LogP contribution in [0, 0.1) is 16.7 Å². The lowest BCUT2D eigenvalue weighted by molar-refractivity contribution is 0.470. The van der Waals surface area contributed by atoms with Gasteiger partial charge in [-0.15, -0.1) is 0 Å². The molecule has 10 heavy (non-hydrogen) atoms. The number of nitriles is 1. The first kappa shape index (κ1) is 8.50. The topological polar surface area (TPSA) is 71.1 Å². The van der Waals surface area contributed by atoms with Crippen molar-refractivity contribution in [3.8, 4) is 6.07 Å². The average molecular weight is 139 g/mol. The van der Waals surface area contributed by atoms with Crippen molar-refractivity contribution in [1.82, 2.24) is 4.90 Å². The van der Waals surface area contributed by atoms with Gasteiger partial charge >= 0.3 is 0 Å². The summed E-state index contributed by atoms with van der Waals surface area (Å²) in [6, 6.07) is 1.68. The number of aliphatic hydroxyl groups excluding tert-OH is 1. The van der Waals surface area contributed by atoms with Crippen molar-refractivity contribution >= 4 is 5.84 Å². The molecule has 0 heterocycles. The summed E-state index contributed by atoms with van der Waals surface area (Å²) in [6.45, 7) is 0. The maximum absolute atomic E-state index is 8.39. The summed E-state index contributed by atoms with van der Waals surface area (Å²) in [4.78, 5) is 1.44. The Bertz CT molecular complexity index is 200. The van der Waals surface area contributed by atoms with E-state index in [4.69, 9.17) is 15.8 Å². The third-order valence-corrected chi connectivity index (χ3v) is 0.952. The molecule has 0 rings (SSSR count). The standard InChI is InChI=1S/C6H9N3O/c1-9(2)6(8)5(3-7)4-10/h4,8,10H,1-2H3/b5-4-,8-6?. The van der Waals surface area contributed by atoms with Crippen LogP contribution in [0.25, 0.3) is 0 Å². The predicted octanol–water partition coefficient (Wildman–Crippen LogP) is 0.491. The zero-order chi connectivity index (χ0) is 8.15. The Hall–Kier alpha value is -1.50. The molecule has 0 atom stereocenters. The van der Waals surface area contributed by atoms with E-state index in [2.05, 4.69) is 0 Å². The predicted molar refractivity (Wildman–Crippen MR) is 37.7 cm³/mol. The van der Waals surface area contributed by atoms with Gasteiger partial charge in [-0.05, 0) is 0 Å². The third-order valence-electron chi connectivity index (χ3n) is 0.952. The number of nitrogens with zero attached hydrogens (tertiary/aromatic N) is 2. The second-order valence-electron chi connectivity index (χ2n) is 1.90. The van der Waals surface area contributed by atoms with Gasteiger partial charge in [-0.25, -0.2) is 0 Å². The van der Waals surface area contributed by atoms with E-state index in [1.807, 2.05) is 0 Å². The molecule has 0 aromatic rings. The highest BCUT2D eigenvalue weighted by Crippen LogP contribution is 1.94. The molecule has 0 saturated carbocycles. The van der Waals surface area contributed by atoms with E-state index in [9.17, 15) is 0 Å². The van der Waals surface area contributed by atoms with Gasteiger partial charge in [0.2, 0.25) is 0 Å². The van der Waals surface area contributed by atoms with Gasteiger partial charge in [0.05, 0.1) is 0 Å². The molecular weight excluding hydrogens is 130 g/mol. The van der Waals surface area contributed by atoms with Crippen molar-refractivity contribution in [2.45, 2.75) is 0 Å². The second kappa shape index (κ2) is 3.51. The Balaban J connectivity index is 4.38. The summed E-state index contributed by atoms with van der Waals surface area (Å²) in [7, 11) is 3.26. The second-order valence-corrected chi connectivity index (χ2v) is 1.90. The van der Waals surface area contributed by atoms with E-state index in [1.165, 1.54) is 4.90 Å². The number of hydrogen-bond acceptors (Lipinski definition) is 3. The SMILES string of the molecule is CN(C)C(=N)/C(C#N)=C\O. The van der Waals surface area contributed by atoms with E-state index in [1.54, 1.807) is 20.2 Å². The lowest BCUT2D eigenvalue weighted by Crippen LogP contribution is -2.22. The molecule has 0 spiro atoms. The van der Waals surface area contributed by atoms with Crippen LogP contribution in [0.1, 0.15) is 0 Å². The molecule has 0 unspecified atom stereocenters. The van der Waals surface area contributed by atoms with Crippen LogP contribution in [0.15, 0.2) is 11.8 Å². The number of likely N-dealkylation sites (N-methyl/N-ethyl adjacent to an activating group) is 1. The van der Waals surface area contributed by atoms with Gasteiger partial charge in [0.25, 0.3) is 0 Å². The highest BCUT2D eigenvalue weighted by atomic mass is 16.2. The fourth-order valence-corrected chi connectivity index (χ4v) is 0.384. The molecule has 0 aliphatic carbocycles. The first-order valence-corrected chi connectivity index (χ1v) is 2.64. The Kier molecular flexibility index (Phi) is 2.98. The third kappa shape index (κ3) is 1.78. The fourth-order valence-electron chi connectivity index (χ4n) is 0.384. The van der Waals surface area contributed by atoms with E-state index >= 15 is 0 Å². The molecule has 0 aromatic carbocycles. The number of hydrogen-bond donors (Lipinski definition) is 2. The largest absolute Gasteiger partial charge is 0.514 e. The summed E-state index contributed by atoms with van der Waals surface area (Å²) in [5.74, 6) is 0.00463. The lowest BCUT2D eigenvalue weighted by atomic mass is 10.3. The van der Waals surface area contributed by atoms with E-state index in [0.717, 1.165) is 0 Å². The van der Waals surface area contributed by atoms with Crippen molar-refractivity contribution in [1.29, 1.82) is 10.7 Å². The summed E-state index contributed by atoms with van der Waals surface area (Å²) in [6.07, 6.45) is 0.627. The number of nitrogens with one attached hydrogen (secondary N) is 1. The van der Waals surface area contributed by atoms with Gasteiger partial charge in [0.1, 0.15) is 23.7 Å². The highest BCUT2D eigenvalue weighted by Gasteiger charge is 2.04. The van der Waals surface area contributed by atoms with Crippen LogP contribution in [0.4, 0.5) is 0 Å². The molecule has 0 saturated heterocycles. The van der Waals surface area contributed by atoms with Gasteiger partial charge in [-0.3, -0.25) is 5.41 Å². The van der Waals surface area contributed by atoms with Crippen LogP contribution < -0.4 is 0 Å². The minimum absolute atomic E-state index is 0.00463. The Morgan fingerprint density at radius 3 is 2.30 bits per heavy atom. The van der Waals surface area contributed by atoms with Gasteiger partial charge in [-0.2, -0.15) is 5.26 Å². The quantitative estimate of drug-likeness (QED) is 0.240. The van der Waals surface area contributed by atoms with Crippen molar-refractivity contribution in [3.63, 3.8) is 0 Å². The van der Waals surface area contributed by atoms with Crippen molar-refractivity contribution in [3.05, 3.63) is 11.8 Å². The number of amidine groups is 1. The average Bonchev–Trinajstić information content (AvgIpc) is 1.90. The molecule has 4 heteroatoms. The molecule has 2 N–H and O–H groups in total. The maximum atomic E-state index is 8.39. The maximum Gasteiger partial charge on any atom is 0.141 e. The molecular formula is C6H9N3O. The smallest absolute Gasteiger partial charge is 0.141 e. The van der Waals surface area contributed by atoms with Crippen LogP contribution in [-0.2, 0) is 0 Å². The van der Waals surface area contributed by atoms with Gasteiger partial charge in [-0.1, -0.05) is 0 Å². The zero-order valence-electron chi connectivity index (χ0n) is 5.92. The molecule has 0 radical (unpaired) electrons.